The van der Waals surface area contributed by atoms with Gasteiger partial charge in [0.1, 0.15) is 5.75 Å². The fourth-order valence-corrected chi connectivity index (χ4v) is 2.82. The van der Waals surface area contributed by atoms with Crippen molar-refractivity contribution in [1.29, 1.82) is 0 Å². The van der Waals surface area contributed by atoms with E-state index in [-0.39, 0.29) is 5.97 Å². The second kappa shape index (κ2) is 10.6. The van der Waals surface area contributed by atoms with Gasteiger partial charge in [0.05, 0.1) is 5.56 Å². The van der Waals surface area contributed by atoms with E-state index >= 15 is 0 Å². The van der Waals surface area contributed by atoms with E-state index in [1.165, 1.54) is 38.5 Å². The largest absolute Gasteiger partial charge is 0.423 e. The molecule has 0 aromatic heterocycles. The molecule has 0 unspecified atom stereocenters. The molecule has 0 atom stereocenters. The number of carbonyl (C=O) groups excluding carboxylic acids is 1. The fraction of sp³-hybridized carbons (Fsp3) is 0.409. The molecule has 24 heavy (non-hydrogen) atoms. The third-order valence-corrected chi connectivity index (χ3v) is 4.23. The van der Waals surface area contributed by atoms with Gasteiger partial charge in [-0.1, -0.05) is 81.8 Å². The maximum Gasteiger partial charge on any atom is 0.343 e. The van der Waals surface area contributed by atoms with E-state index in [2.05, 4.69) is 13.0 Å². The zero-order chi connectivity index (χ0) is 17.0. The van der Waals surface area contributed by atoms with Crippen LogP contribution in [0.5, 0.6) is 5.75 Å². The Morgan fingerprint density at radius 3 is 2.17 bits per heavy atom. The third kappa shape index (κ3) is 6.19. The molecule has 2 heteroatoms. The van der Waals surface area contributed by atoms with Crippen LogP contribution in [0.25, 0.3) is 0 Å². The van der Waals surface area contributed by atoms with Gasteiger partial charge in [-0.2, -0.15) is 0 Å². The van der Waals surface area contributed by atoms with Gasteiger partial charge in [-0.3, -0.25) is 0 Å². The second-order valence-electron chi connectivity index (χ2n) is 6.23. The van der Waals surface area contributed by atoms with Gasteiger partial charge in [0.15, 0.2) is 0 Å². The number of para-hydroxylation sites is 1. The van der Waals surface area contributed by atoms with Gasteiger partial charge in [-0.15, -0.1) is 0 Å². The first-order chi connectivity index (χ1) is 11.8. The van der Waals surface area contributed by atoms with Crippen LogP contribution >= 0.6 is 0 Å². The number of hydrogen-bond donors (Lipinski definition) is 0. The molecule has 2 aromatic carbocycles. The molecule has 0 aliphatic rings. The summed E-state index contributed by atoms with van der Waals surface area (Å²) in [5.41, 5.74) is 1.71. The van der Waals surface area contributed by atoms with Crippen molar-refractivity contribution in [3.63, 3.8) is 0 Å². The van der Waals surface area contributed by atoms with Crippen LogP contribution in [0.4, 0.5) is 0 Å². The summed E-state index contributed by atoms with van der Waals surface area (Å²) in [5.74, 6) is 0.403. The van der Waals surface area contributed by atoms with Crippen LogP contribution in [0.3, 0.4) is 0 Å². The van der Waals surface area contributed by atoms with Gasteiger partial charge in [0, 0.05) is 0 Å². The van der Waals surface area contributed by atoms with Crippen molar-refractivity contribution in [2.45, 2.75) is 58.3 Å². The van der Waals surface area contributed by atoms with E-state index in [1.807, 2.05) is 36.4 Å². The minimum atomic E-state index is -0.289. The predicted octanol–water partition coefficient (Wildman–Crippen LogP) is 6.20. The summed E-state index contributed by atoms with van der Waals surface area (Å²) in [4.78, 5) is 12.2. The Morgan fingerprint density at radius 1 is 0.792 bits per heavy atom. The molecular formula is C22H28O2. The molecular weight excluding hydrogens is 296 g/mol. The highest BCUT2D eigenvalue weighted by molar-refractivity contribution is 5.91. The highest BCUT2D eigenvalue weighted by Crippen LogP contribution is 2.22. The van der Waals surface area contributed by atoms with E-state index < -0.39 is 0 Å². The first-order valence-corrected chi connectivity index (χ1v) is 9.16. The van der Waals surface area contributed by atoms with Crippen molar-refractivity contribution in [3.05, 3.63) is 65.7 Å². The van der Waals surface area contributed by atoms with Gasteiger partial charge < -0.3 is 4.74 Å². The highest BCUT2D eigenvalue weighted by atomic mass is 16.5. The summed E-state index contributed by atoms with van der Waals surface area (Å²) in [5, 5.41) is 0. The van der Waals surface area contributed by atoms with E-state index in [4.69, 9.17) is 4.74 Å². The fourth-order valence-electron chi connectivity index (χ4n) is 2.82. The second-order valence-corrected chi connectivity index (χ2v) is 6.23. The van der Waals surface area contributed by atoms with Crippen molar-refractivity contribution < 1.29 is 9.53 Å². The van der Waals surface area contributed by atoms with Crippen LogP contribution < -0.4 is 4.74 Å². The third-order valence-electron chi connectivity index (χ3n) is 4.23. The first-order valence-electron chi connectivity index (χ1n) is 9.16. The number of benzene rings is 2. The Hall–Kier alpha value is -2.09. The molecule has 0 amide bonds. The van der Waals surface area contributed by atoms with E-state index in [0.29, 0.717) is 11.3 Å². The Bertz CT molecular complexity index is 604. The van der Waals surface area contributed by atoms with Crippen molar-refractivity contribution in [3.8, 4) is 5.75 Å². The standard InChI is InChI=1S/C22H28O2/c1-2-3-4-5-6-7-9-14-19-15-12-13-18-21(19)24-22(23)20-16-10-8-11-17-20/h8,10-13,15-18H,2-7,9,14H2,1H3. The average Bonchev–Trinajstić information content (AvgIpc) is 2.63. The molecule has 0 heterocycles. The van der Waals surface area contributed by atoms with Gasteiger partial charge >= 0.3 is 5.97 Å². The Labute approximate surface area is 145 Å². The van der Waals surface area contributed by atoms with Gasteiger partial charge in [-0.25, -0.2) is 4.79 Å². The molecule has 128 valence electrons. The lowest BCUT2D eigenvalue weighted by molar-refractivity contribution is 0.0733. The summed E-state index contributed by atoms with van der Waals surface area (Å²) in [7, 11) is 0. The Kier molecular flexibility index (Phi) is 8.09. The summed E-state index contributed by atoms with van der Waals surface area (Å²) in [6.07, 6.45) is 9.97. The van der Waals surface area contributed by atoms with Crippen molar-refractivity contribution >= 4 is 5.97 Å². The number of ether oxygens (including phenoxy) is 1. The molecule has 2 aromatic rings. The van der Waals surface area contributed by atoms with Crippen molar-refractivity contribution in [1.82, 2.24) is 0 Å². The molecule has 0 aliphatic carbocycles. The molecule has 2 nitrogen and oxygen atoms in total. The highest BCUT2D eigenvalue weighted by Gasteiger charge is 2.10. The number of rotatable bonds is 10. The summed E-state index contributed by atoms with van der Waals surface area (Å²) in [6, 6.07) is 17.0. The molecule has 0 bridgehead atoms. The Morgan fingerprint density at radius 2 is 1.42 bits per heavy atom. The lowest BCUT2D eigenvalue weighted by atomic mass is 10.0. The van der Waals surface area contributed by atoms with Crippen LogP contribution in [0.1, 0.15) is 67.8 Å². The molecule has 0 N–H and O–H groups in total. The molecule has 0 aliphatic heterocycles. The molecule has 2 rings (SSSR count). The maximum atomic E-state index is 12.2. The monoisotopic (exact) mass is 324 g/mol. The van der Waals surface area contributed by atoms with Crippen LogP contribution in [0, 0.1) is 0 Å². The lowest BCUT2D eigenvalue weighted by Crippen LogP contribution is -2.09. The minimum absolute atomic E-state index is 0.289. The number of hydrogen-bond acceptors (Lipinski definition) is 2. The van der Waals surface area contributed by atoms with Gasteiger partial charge in [-0.05, 0) is 36.6 Å². The van der Waals surface area contributed by atoms with Crippen LogP contribution in [-0.4, -0.2) is 5.97 Å². The predicted molar refractivity (Wildman–Crippen MR) is 99.5 cm³/mol. The van der Waals surface area contributed by atoms with Gasteiger partial charge in [0.25, 0.3) is 0 Å². The molecule has 0 radical (unpaired) electrons. The number of unbranched alkanes of at least 4 members (excludes halogenated alkanes) is 6. The number of aryl methyl sites for hydroxylation is 1. The summed E-state index contributed by atoms with van der Waals surface area (Å²) >= 11 is 0. The van der Waals surface area contributed by atoms with Crippen LogP contribution in [0.15, 0.2) is 54.6 Å². The molecule has 0 saturated carbocycles. The smallest absolute Gasteiger partial charge is 0.343 e. The van der Waals surface area contributed by atoms with Gasteiger partial charge in [0.2, 0.25) is 0 Å². The van der Waals surface area contributed by atoms with E-state index in [1.54, 1.807) is 12.1 Å². The maximum absolute atomic E-state index is 12.2. The SMILES string of the molecule is CCCCCCCCCc1ccccc1OC(=O)c1ccccc1. The Balaban J connectivity index is 1.83. The topological polar surface area (TPSA) is 26.3 Å². The average molecular weight is 324 g/mol. The summed E-state index contributed by atoms with van der Waals surface area (Å²) < 4.78 is 5.60. The van der Waals surface area contributed by atoms with E-state index in [9.17, 15) is 4.79 Å². The minimum Gasteiger partial charge on any atom is -0.423 e. The van der Waals surface area contributed by atoms with Crippen LogP contribution in [-0.2, 0) is 6.42 Å². The zero-order valence-electron chi connectivity index (χ0n) is 14.7. The number of esters is 1. The van der Waals surface area contributed by atoms with Crippen LogP contribution in [0.2, 0.25) is 0 Å². The van der Waals surface area contributed by atoms with Crippen molar-refractivity contribution in [2.75, 3.05) is 0 Å². The quantitative estimate of drug-likeness (QED) is 0.295. The molecule has 0 saturated heterocycles. The normalized spacial score (nSPS) is 10.5. The zero-order valence-corrected chi connectivity index (χ0v) is 14.7. The number of carbonyl (C=O) groups is 1. The lowest BCUT2D eigenvalue weighted by Gasteiger charge is -2.10. The molecule has 0 spiro atoms. The van der Waals surface area contributed by atoms with E-state index in [0.717, 1.165) is 18.4 Å². The van der Waals surface area contributed by atoms with Crippen molar-refractivity contribution in [2.24, 2.45) is 0 Å². The summed E-state index contributed by atoms with van der Waals surface area (Å²) in [6.45, 7) is 2.24. The molecule has 0 fully saturated rings. The first kappa shape index (κ1) is 18.3.